The Kier molecular flexibility index (Phi) is 5.30. The van der Waals surface area contributed by atoms with Crippen molar-refractivity contribution in [2.75, 3.05) is 51.1 Å². The fourth-order valence-electron chi connectivity index (χ4n) is 3.26. The maximum atomic E-state index is 12.3. The fraction of sp³-hybridized carbons (Fsp3) is 0.588. The Morgan fingerprint density at radius 3 is 3.08 bits per heavy atom. The number of amides is 2. The molecule has 7 nitrogen and oxygen atoms in total. The summed E-state index contributed by atoms with van der Waals surface area (Å²) in [6.07, 6.45) is 1.08. The highest BCUT2D eigenvalue weighted by atomic mass is 16.2. The van der Waals surface area contributed by atoms with Gasteiger partial charge >= 0.3 is 0 Å². The van der Waals surface area contributed by atoms with Gasteiger partial charge in [-0.05, 0) is 37.9 Å². The highest BCUT2D eigenvalue weighted by Gasteiger charge is 2.27. The molecule has 2 amide bonds. The number of hydrogen-bond donors (Lipinski definition) is 2. The summed E-state index contributed by atoms with van der Waals surface area (Å²) in [5.41, 5.74) is 1.00. The van der Waals surface area contributed by atoms with Gasteiger partial charge in [-0.2, -0.15) is 0 Å². The summed E-state index contributed by atoms with van der Waals surface area (Å²) in [5.74, 6) is 1.41. The Bertz CT molecular complexity index is 606. The third-order valence-electron chi connectivity index (χ3n) is 4.58. The van der Waals surface area contributed by atoms with Crippen molar-refractivity contribution in [2.45, 2.75) is 13.3 Å². The predicted octanol–water partition coefficient (Wildman–Crippen LogP) is 0.0822. The van der Waals surface area contributed by atoms with Crippen molar-refractivity contribution < 1.29 is 9.59 Å². The summed E-state index contributed by atoms with van der Waals surface area (Å²) in [6.45, 7) is 6.46. The number of aryl methyl sites for hydroxylation is 1. The average molecular weight is 331 g/mol. The number of pyridine rings is 1. The highest BCUT2D eigenvalue weighted by molar-refractivity contribution is 5.86. The number of carbonyl (C=O) groups excluding carboxylic acids is 2. The second kappa shape index (κ2) is 7.61. The van der Waals surface area contributed by atoms with Gasteiger partial charge in [0.25, 0.3) is 0 Å². The van der Waals surface area contributed by atoms with Crippen LogP contribution in [0.5, 0.6) is 0 Å². The number of carbonyl (C=O) groups is 2. The molecule has 1 aromatic heterocycles. The summed E-state index contributed by atoms with van der Waals surface area (Å²) in [4.78, 5) is 32.0. The Morgan fingerprint density at radius 2 is 2.29 bits per heavy atom. The van der Waals surface area contributed by atoms with E-state index in [4.69, 9.17) is 0 Å². The van der Waals surface area contributed by atoms with Crippen LogP contribution >= 0.6 is 0 Å². The number of likely N-dealkylation sites (tertiary alicyclic amines) is 1. The van der Waals surface area contributed by atoms with E-state index in [0.29, 0.717) is 25.6 Å². The van der Waals surface area contributed by atoms with Gasteiger partial charge in [0.15, 0.2) is 0 Å². The van der Waals surface area contributed by atoms with E-state index in [1.807, 2.05) is 25.1 Å². The first kappa shape index (κ1) is 16.7. The quantitative estimate of drug-likeness (QED) is 0.799. The molecule has 2 fully saturated rings. The third-order valence-corrected chi connectivity index (χ3v) is 4.58. The zero-order chi connectivity index (χ0) is 16.9. The highest BCUT2D eigenvalue weighted by Crippen LogP contribution is 2.17. The van der Waals surface area contributed by atoms with E-state index in [2.05, 4.69) is 20.5 Å². The Morgan fingerprint density at radius 1 is 1.42 bits per heavy atom. The van der Waals surface area contributed by atoms with Crippen LogP contribution in [0.2, 0.25) is 0 Å². The van der Waals surface area contributed by atoms with Crippen LogP contribution in [0.4, 0.5) is 5.82 Å². The molecule has 2 aliphatic heterocycles. The van der Waals surface area contributed by atoms with E-state index < -0.39 is 0 Å². The van der Waals surface area contributed by atoms with Crippen LogP contribution in [-0.4, -0.2) is 72.4 Å². The largest absolute Gasteiger partial charge is 0.370 e. The molecule has 0 aliphatic carbocycles. The molecule has 1 unspecified atom stereocenters. The molecule has 3 rings (SSSR count). The van der Waals surface area contributed by atoms with Crippen LogP contribution in [0, 0.1) is 12.8 Å². The molecule has 2 aliphatic rings. The molecule has 130 valence electrons. The van der Waals surface area contributed by atoms with E-state index in [1.54, 1.807) is 4.90 Å². The summed E-state index contributed by atoms with van der Waals surface area (Å²) >= 11 is 0. The van der Waals surface area contributed by atoms with E-state index >= 15 is 0 Å². The lowest BCUT2D eigenvalue weighted by Gasteiger charge is -2.28. The van der Waals surface area contributed by atoms with Gasteiger partial charge < -0.3 is 15.5 Å². The predicted molar refractivity (Wildman–Crippen MR) is 91.6 cm³/mol. The van der Waals surface area contributed by atoms with Gasteiger partial charge in [-0.25, -0.2) is 4.98 Å². The molecule has 0 spiro atoms. The lowest BCUT2D eigenvalue weighted by molar-refractivity contribution is -0.138. The maximum Gasteiger partial charge on any atom is 0.239 e. The van der Waals surface area contributed by atoms with Crippen molar-refractivity contribution in [1.29, 1.82) is 0 Å². The van der Waals surface area contributed by atoms with E-state index in [9.17, 15) is 9.59 Å². The Balaban J connectivity index is 1.42. The van der Waals surface area contributed by atoms with Gasteiger partial charge in [0.1, 0.15) is 5.82 Å². The number of anilines is 1. The van der Waals surface area contributed by atoms with Crippen LogP contribution in [0.25, 0.3) is 0 Å². The lowest BCUT2D eigenvalue weighted by atomic mass is 10.1. The minimum atomic E-state index is -0.0660. The van der Waals surface area contributed by atoms with E-state index in [1.165, 1.54) is 0 Å². The van der Waals surface area contributed by atoms with Crippen molar-refractivity contribution in [3.05, 3.63) is 23.9 Å². The summed E-state index contributed by atoms with van der Waals surface area (Å²) < 4.78 is 0. The smallest absolute Gasteiger partial charge is 0.239 e. The lowest BCUT2D eigenvalue weighted by Crippen LogP contribution is -2.52. The molecular weight excluding hydrogens is 306 g/mol. The third kappa shape index (κ3) is 4.44. The number of aromatic nitrogens is 1. The summed E-state index contributed by atoms with van der Waals surface area (Å²) in [6, 6.07) is 5.96. The van der Waals surface area contributed by atoms with Crippen LogP contribution in [0.1, 0.15) is 12.1 Å². The molecule has 1 atom stereocenters. The van der Waals surface area contributed by atoms with Crippen molar-refractivity contribution in [3.8, 4) is 0 Å². The minimum absolute atomic E-state index is 0.0545. The number of piperazine rings is 1. The first-order valence-electron chi connectivity index (χ1n) is 8.54. The molecule has 3 heterocycles. The molecule has 1 aromatic rings. The van der Waals surface area contributed by atoms with Crippen LogP contribution < -0.4 is 10.6 Å². The zero-order valence-electron chi connectivity index (χ0n) is 14.1. The molecule has 24 heavy (non-hydrogen) atoms. The second-order valence-corrected chi connectivity index (χ2v) is 6.60. The minimum Gasteiger partial charge on any atom is -0.370 e. The van der Waals surface area contributed by atoms with Gasteiger partial charge in [0, 0.05) is 31.9 Å². The van der Waals surface area contributed by atoms with Crippen LogP contribution in [-0.2, 0) is 9.59 Å². The van der Waals surface area contributed by atoms with Gasteiger partial charge in [-0.15, -0.1) is 0 Å². The van der Waals surface area contributed by atoms with Gasteiger partial charge in [-0.1, -0.05) is 6.07 Å². The van der Waals surface area contributed by atoms with Crippen molar-refractivity contribution in [1.82, 2.24) is 20.1 Å². The molecular formula is C17H25N5O2. The maximum absolute atomic E-state index is 12.3. The first-order chi connectivity index (χ1) is 11.6. The summed E-state index contributed by atoms with van der Waals surface area (Å²) in [7, 11) is 0. The number of nitrogens with one attached hydrogen (secondary N) is 2. The standard InChI is InChI=1S/C17H25N5O2/c1-13-3-2-4-15(20-13)19-9-14-5-7-21(10-14)12-17(24)22-8-6-18-16(23)11-22/h2-4,14H,5-12H2,1H3,(H,18,23)(H,19,20). The second-order valence-electron chi connectivity index (χ2n) is 6.60. The Hall–Kier alpha value is -2.15. The molecule has 0 aromatic carbocycles. The molecule has 0 radical (unpaired) electrons. The van der Waals surface area contributed by atoms with Crippen molar-refractivity contribution in [3.63, 3.8) is 0 Å². The van der Waals surface area contributed by atoms with Crippen LogP contribution in [0.3, 0.4) is 0 Å². The van der Waals surface area contributed by atoms with Crippen molar-refractivity contribution in [2.24, 2.45) is 5.92 Å². The number of nitrogens with zero attached hydrogens (tertiary/aromatic N) is 3. The van der Waals surface area contributed by atoms with Gasteiger partial charge in [0.2, 0.25) is 11.8 Å². The molecule has 0 saturated carbocycles. The fourth-order valence-corrected chi connectivity index (χ4v) is 3.26. The van der Waals surface area contributed by atoms with Gasteiger partial charge in [-0.3, -0.25) is 14.5 Å². The number of hydrogen-bond acceptors (Lipinski definition) is 5. The van der Waals surface area contributed by atoms with E-state index in [-0.39, 0.29) is 18.4 Å². The Labute approximate surface area is 142 Å². The first-order valence-corrected chi connectivity index (χ1v) is 8.54. The molecule has 2 saturated heterocycles. The normalized spacial score (nSPS) is 21.6. The SMILES string of the molecule is Cc1cccc(NCC2CCN(CC(=O)N3CCNC(=O)C3)C2)n1. The van der Waals surface area contributed by atoms with Crippen molar-refractivity contribution >= 4 is 17.6 Å². The van der Waals surface area contributed by atoms with Gasteiger partial charge in [0.05, 0.1) is 13.1 Å². The topological polar surface area (TPSA) is 77.6 Å². The summed E-state index contributed by atoms with van der Waals surface area (Å²) in [5, 5.41) is 6.13. The van der Waals surface area contributed by atoms with Crippen LogP contribution in [0.15, 0.2) is 18.2 Å². The zero-order valence-corrected chi connectivity index (χ0v) is 14.1. The number of rotatable bonds is 5. The molecule has 0 bridgehead atoms. The molecule has 2 N–H and O–H groups in total. The van der Waals surface area contributed by atoms with E-state index in [0.717, 1.165) is 37.6 Å². The monoisotopic (exact) mass is 331 g/mol. The molecule has 7 heteroatoms. The average Bonchev–Trinajstić information content (AvgIpc) is 3.00.